The zero-order valence-electron chi connectivity index (χ0n) is 12.2. The normalized spacial score (nSPS) is 12.6. The molecule has 0 saturated heterocycles. The van der Waals surface area contributed by atoms with Gasteiger partial charge in [-0.25, -0.2) is 9.97 Å². The summed E-state index contributed by atoms with van der Waals surface area (Å²) in [5, 5.41) is 5.37. The summed E-state index contributed by atoms with van der Waals surface area (Å²) in [6, 6.07) is 5.46. The number of nitrogens with two attached hydrogens (primary N) is 1. The minimum absolute atomic E-state index is 0.599. The fourth-order valence-electron chi connectivity index (χ4n) is 2.60. The smallest absolute Gasteiger partial charge is 0.188 e. The van der Waals surface area contributed by atoms with E-state index >= 15 is 0 Å². The molecule has 0 atom stereocenters. The van der Waals surface area contributed by atoms with Crippen molar-refractivity contribution < 1.29 is 4.74 Å². The fourth-order valence-corrected chi connectivity index (χ4v) is 4.71. The Labute approximate surface area is 146 Å². The molecule has 0 bridgehead atoms. The molecule has 0 radical (unpaired) electrons. The van der Waals surface area contributed by atoms with Gasteiger partial charge in [0.15, 0.2) is 10.3 Å². The predicted molar refractivity (Wildman–Crippen MR) is 96.3 cm³/mol. The molecule has 0 amide bonds. The van der Waals surface area contributed by atoms with Gasteiger partial charge in [-0.3, -0.25) is 0 Å². The van der Waals surface area contributed by atoms with Crippen molar-refractivity contribution in [1.29, 1.82) is 0 Å². The number of halogens is 1. The van der Waals surface area contributed by atoms with E-state index in [0.29, 0.717) is 10.2 Å². The number of aryl methyl sites for hydroxylation is 2. The maximum atomic E-state index is 6.08. The minimum Gasteiger partial charge on any atom is -0.495 e. The Bertz CT molecular complexity index is 890. The molecule has 23 heavy (non-hydrogen) atoms. The lowest BCUT2D eigenvalue weighted by Gasteiger charge is -2.09. The number of benzene rings is 1. The van der Waals surface area contributed by atoms with Crippen LogP contribution in [0.15, 0.2) is 18.2 Å². The lowest BCUT2D eigenvalue weighted by Crippen LogP contribution is -2.00. The van der Waals surface area contributed by atoms with Crippen LogP contribution in [0.25, 0.3) is 10.6 Å². The van der Waals surface area contributed by atoms with Gasteiger partial charge in [-0.05, 0) is 31.0 Å². The Morgan fingerprint density at radius 3 is 2.96 bits per heavy atom. The first-order valence-electron chi connectivity index (χ1n) is 7.00. The fraction of sp³-hybridized carbons (Fsp3) is 0.200. The highest BCUT2D eigenvalue weighted by Crippen LogP contribution is 2.43. The van der Waals surface area contributed by atoms with Gasteiger partial charge in [-0.2, -0.15) is 0 Å². The summed E-state index contributed by atoms with van der Waals surface area (Å²) in [7, 11) is 1.63. The van der Waals surface area contributed by atoms with E-state index < -0.39 is 0 Å². The third-order valence-corrected chi connectivity index (χ3v) is 5.82. The highest BCUT2D eigenvalue weighted by Gasteiger charge is 2.24. The van der Waals surface area contributed by atoms with Crippen LogP contribution in [0.4, 0.5) is 16.0 Å². The predicted octanol–water partition coefficient (Wildman–Crippen LogP) is 4.35. The number of methoxy groups -OCH3 is 1. The van der Waals surface area contributed by atoms with E-state index in [1.807, 2.05) is 12.1 Å². The van der Waals surface area contributed by atoms with E-state index in [-0.39, 0.29) is 0 Å². The Hall–Kier alpha value is -1.83. The number of fused-ring (bicyclic) bond motifs is 3. The molecule has 0 aliphatic heterocycles. The first-order valence-corrected chi connectivity index (χ1v) is 9.01. The molecular weight excluding hydrogens is 352 g/mol. The molecule has 0 spiro atoms. The Morgan fingerprint density at radius 1 is 1.26 bits per heavy atom. The van der Waals surface area contributed by atoms with E-state index in [1.165, 1.54) is 16.2 Å². The van der Waals surface area contributed by atoms with Crippen molar-refractivity contribution >= 4 is 50.2 Å². The van der Waals surface area contributed by atoms with E-state index in [0.717, 1.165) is 45.7 Å². The summed E-state index contributed by atoms with van der Waals surface area (Å²) in [6.45, 7) is 0. The maximum absolute atomic E-state index is 6.08. The average Bonchev–Trinajstić information content (AvgIpc) is 3.09. The van der Waals surface area contributed by atoms with Gasteiger partial charge in [0.1, 0.15) is 5.75 Å². The Kier molecular flexibility index (Phi) is 3.63. The van der Waals surface area contributed by atoms with Gasteiger partial charge in [0.2, 0.25) is 0 Å². The SMILES string of the molecule is COc1ccc(Cl)cc1Nc1nc2c(s1)CCc1nc(N)sc1-2. The number of rotatable bonds is 3. The lowest BCUT2D eigenvalue weighted by molar-refractivity contribution is 0.417. The molecule has 0 saturated carbocycles. The standard InChI is InChI=1S/C15H13ClN4OS2/c1-21-10-4-2-7(16)6-9(10)19-15-20-12-11(22-15)5-3-8-13(12)23-14(17)18-8/h2,4,6H,3,5H2,1H3,(H2,17,18)(H,19,20). The number of anilines is 3. The molecule has 0 unspecified atom stereocenters. The summed E-state index contributed by atoms with van der Waals surface area (Å²) < 4.78 is 5.37. The number of nitrogens with zero attached hydrogens (tertiary/aromatic N) is 2. The van der Waals surface area contributed by atoms with Gasteiger partial charge in [0, 0.05) is 9.90 Å². The Morgan fingerprint density at radius 2 is 2.13 bits per heavy atom. The molecule has 3 aromatic rings. The van der Waals surface area contributed by atoms with Crippen molar-refractivity contribution in [2.75, 3.05) is 18.2 Å². The molecule has 2 aromatic heterocycles. The number of thiazole rings is 2. The third kappa shape index (κ3) is 2.65. The topological polar surface area (TPSA) is 73.1 Å². The molecule has 5 nitrogen and oxygen atoms in total. The van der Waals surface area contributed by atoms with E-state index in [2.05, 4.69) is 10.3 Å². The van der Waals surface area contributed by atoms with E-state index in [1.54, 1.807) is 24.5 Å². The van der Waals surface area contributed by atoms with Crippen LogP contribution in [0.2, 0.25) is 5.02 Å². The third-order valence-electron chi connectivity index (χ3n) is 3.62. The molecule has 3 N–H and O–H groups in total. The van der Waals surface area contributed by atoms with Crippen molar-refractivity contribution in [3.05, 3.63) is 33.8 Å². The first-order chi connectivity index (χ1) is 11.1. The highest BCUT2D eigenvalue weighted by molar-refractivity contribution is 7.20. The van der Waals surface area contributed by atoms with Gasteiger partial charge in [0.25, 0.3) is 0 Å². The molecule has 8 heteroatoms. The van der Waals surface area contributed by atoms with Crippen LogP contribution in [-0.4, -0.2) is 17.1 Å². The van der Waals surface area contributed by atoms with Gasteiger partial charge in [-0.15, -0.1) is 11.3 Å². The summed E-state index contributed by atoms with van der Waals surface area (Å²) in [4.78, 5) is 11.5. The second kappa shape index (κ2) is 5.67. The van der Waals surface area contributed by atoms with Crippen molar-refractivity contribution in [1.82, 2.24) is 9.97 Å². The quantitative estimate of drug-likeness (QED) is 0.722. The van der Waals surface area contributed by atoms with Gasteiger partial charge in [-0.1, -0.05) is 22.9 Å². The molecule has 0 fully saturated rings. The van der Waals surface area contributed by atoms with Crippen LogP contribution >= 0.6 is 34.3 Å². The number of hydrogen-bond acceptors (Lipinski definition) is 7. The van der Waals surface area contributed by atoms with Crippen molar-refractivity contribution in [2.24, 2.45) is 0 Å². The van der Waals surface area contributed by atoms with Crippen molar-refractivity contribution in [2.45, 2.75) is 12.8 Å². The number of hydrogen-bond donors (Lipinski definition) is 2. The zero-order chi connectivity index (χ0) is 16.0. The number of nitrogens with one attached hydrogen (secondary N) is 1. The van der Waals surface area contributed by atoms with Gasteiger partial charge in [0.05, 0.1) is 29.1 Å². The molecule has 1 aliphatic carbocycles. The van der Waals surface area contributed by atoms with Crippen molar-refractivity contribution in [3.8, 4) is 16.3 Å². The average molecular weight is 365 g/mol. The summed E-state index contributed by atoms with van der Waals surface area (Å²) in [6.07, 6.45) is 1.86. The molecule has 2 heterocycles. The van der Waals surface area contributed by atoms with Crippen molar-refractivity contribution in [3.63, 3.8) is 0 Å². The van der Waals surface area contributed by atoms with Gasteiger partial charge >= 0.3 is 0 Å². The van der Waals surface area contributed by atoms with E-state index in [9.17, 15) is 0 Å². The summed E-state index contributed by atoms with van der Waals surface area (Å²) in [5.41, 5.74) is 8.68. The van der Waals surface area contributed by atoms with Crippen LogP contribution in [0.3, 0.4) is 0 Å². The lowest BCUT2D eigenvalue weighted by atomic mass is 10.1. The highest BCUT2D eigenvalue weighted by atomic mass is 35.5. The monoisotopic (exact) mass is 364 g/mol. The number of aromatic nitrogens is 2. The van der Waals surface area contributed by atoms with Crippen LogP contribution in [0, 0.1) is 0 Å². The molecular formula is C15H13ClN4OS2. The second-order valence-corrected chi connectivity index (χ2v) is 7.64. The largest absolute Gasteiger partial charge is 0.495 e. The van der Waals surface area contributed by atoms with Gasteiger partial charge < -0.3 is 15.8 Å². The molecule has 118 valence electrons. The Balaban J connectivity index is 1.71. The summed E-state index contributed by atoms with van der Waals surface area (Å²) >= 11 is 9.22. The number of ether oxygens (including phenoxy) is 1. The summed E-state index contributed by atoms with van der Waals surface area (Å²) in [5.74, 6) is 0.727. The second-order valence-electron chi connectivity index (χ2n) is 5.09. The van der Waals surface area contributed by atoms with Crippen LogP contribution in [0.5, 0.6) is 5.75 Å². The maximum Gasteiger partial charge on any atom is 0.188 e. The van der Waals surface area contributed by atoms with E-state index in [4.69, 9.17) is 27.1 Å². The van der Waals surface area contributed by atoms with Crippen LogP contribution < -0.4 is 15.8 Å². The molecule has 4 rings (SSSR count). The molecule has 1 aromatic carbocycles. The zero-order valence-corrected chi connectivity index (χ0v) is 14.6. The minimum atomic E-state index is 0.599. The van der Waals surface area contributed by atoms with Crippen LogP contribution in [0.1, 0.15) is 10.6 Å². The molecule has 1 aliphatic rings. The van der Waals surface area contributed by atoms with Crippen LogP contribution in [-0.2, 0) is 12.8 Å². The first kappa shape index (κ1) is 14.7. The number of nitrogen functional groups attached to an aromatic ring is 1.